The summed E-state index contributed by atoms with van der Waals surface area (Å²) in [5, 5.41) is 5.64. The van der Waals surface area contributed by atoms with Crippen LogP contribution in [0.4, 0.5) is 4.79 Å². The summed E-state index contributed by atoms with van der Waals surface area (Å²) < 4.78 is 7.02. The van der Waals surface area contributed by atoms with E-state index in [9.17, 15) is 4.79 Å². The van der Waals surface area contributed by atoms with E-state index in [1.807, 2.05) is 24.5 Å². The van der Waals surface area contributed by atoms with Gasteiger partial charge in [-0.15, -0.1) is 0 Å². The molecule has 2 amide bonds. The molecule has 0 aliphatic rings. The van der Waals surface area contributed by atoms with Gasteiger partial charge in [-0.2, -0.15) is 0 Å². The lowest BCUT2D eigenvalue weighted by molar-refractivity contribution is 0.193. The normalized spacial score (nSPS) is 10.7. The number of hydrogen-bond acceptors (Lipinski definition) is 3. The number of fused-ring (bicyclic) bond motifs is 1. The van der Waals surface area contributed by atoms with Gasteiger partial charge in [0.15, 0.2) is 0 Å². The molecule has 0 aliphatic carbocycles. The van der Waals surface area contributed by atoms with Crippen molar-refractivity contribution in [2.45, 2.75) is 19.4 Å². The maximum atomic E-state index is 11.5. The van der Waals surface area contributed by atoms with Gasteiger partial charge in [0, 0.05) is 33.4 Å². The van der Waals surface area contributed by atoms with Crippen LogP contribution in [-0.2, 0) is 11.3 Å². The van der Waals surface area contributed by atoms with E-state index in [4.69, 9.17) is 4.74 Å². The van der Waals surface area contributed by atoms with Gasteiger partial charge in [0.1, 0.15) is 0 Å². The maximum absolute atomic E-state index is 11.5. The second-order valence-electron chi connectivity index (χ2n) is 4.81. The molecule has 0 saturated carbocycles. The molecule has 2 N–H and O–H groups in total. The first-order chi connectivity index (χ1) is 10.3. The molecule has 0 unspecified atom stereocenters. The van der Waals surface area contributed by atoms with E-state index in [1.54, 1.807) is 7.11 Å². The predicted octanol–water partition coefficient (Wildman–Crippen LogP) is 1.76. The van der Waals surface area contributed by atoms with Gasteiger partial charge in [0.2, 0.25) is 0 Å². The maximum Gasteiger partial charge on any atom is 0.314 e. The molecule has 21 heavy (non-hydrogen) atoms. The molecular weight excluding hydrogens is 268 g/mol. The number of methoxy groups -OCH3 is 1. The summed E-state index contributed by atoms with van der Waals surface area (Å²) in [7, 11) is 1.65. The Hall–Kier alpha value is -2.08. The molecule has 114 valence electrons. The van der Waals surface area contributed by atoms with Gasteiger partial charge in [-0.3, -0.25) is 0 Å². The lowest BCUT2D eigenvalue weighted by Crippen LogP contribution is -2.37. The van der Waals surface area contributed by atoms with Crippen molar-refractivity contribution in [3.8, 4) is 0 Å². The number of benzene rings is 1. The van der Waals surface area contributed by atoms with E-state index in [1.165, 1.54) is 0 Å². The Morgan fingerprint density at radius 2 is 2.00 bits per heavy atom. The van der Waals surface area contributed by atoms with Gasteiger partial charge in [0.05, 0.1) is 17.4 Å². The summed E-state index contributed by atoms with van der Waals surface area (Å²) in [6.07, 6.45) is 3.53. The number of imidazole rings is 1. The summed E-state index contributed by atoms with van der Waals surface area (Å²) in [6.45, 7) is 2.77. The Morgan fingerprint density at radius 3 is 2.81 bits per heavy atom. The lowest BCUT2D eigenvalue weighted by Gasteiger charge is -2.08. The fourth-order valence-corrected chi connectivity index (χ4v) is 2.12. The fraction of sp³-hybridized carbons (Fsp3) is 0.467. The molecule has 1 heterocycles. The summed E-state index contributed by atoms with van der Waals surface area (Å²) >= 11 is 0. The monoisotopic (exact) mass is 290 g/mol. The van der Waals surface area contributed by atoms with Crippen LogP contribution in [0.1, 0.15) is 12.8 Å². The van der Waals surface area contributed by atoms with Crippen molar-refractivity contribution < 1.29 is 9.53 Å². The third kappa shape index (κ3) is 4.75. The number of aryl methyl sites for hydroxylation is 1. The molecule has 0 bridgehead atoms. The van der Waals surface area contributed by atoms with Crippen molar-refractivity contribution in [2.75, 3.05) is 26.8 Å². The summed E-state index contributed by atoms with van der Waals surface area (Å²) in [6, 6.07) is 7.92. The number of carbonyl (C=O) groups excluding carboxylic acids is 1. The Bertz CT molecular complexity index is 568. The second kappa shape index (κ2) is 8.26. The van der Waals surface area contributed by atoms with E-state index >= 15 is 0 Å². The highest BCUT2D eigenvalue weighted by Gasteiger charge is 2.02. The van der Waals surface area contributed by atoms with Crippen LogP contribution in [0.5, 0.6) is 0 Å². The topological polar surface area (TPSA) is 68.2 Å². The third-order valence-corrected chi connectivity index (χ3v) is 3.20. The number of aromatic nitrogens is 2. The van der Waals surface area contributed by atoms with Crippen LogP contribution in [0.25, 0.3) is 11.0 Å². The SMILES string of the molecule is COCCCNC(=O)NCCCn1cnc2ccccc21. The Morgan fingerprint density at radius 1 is 1.24 bits per heavy atom. The average Bonchev–Trinajstić information content (AvgIpc) is 2.91. The van der Waals surface area contributed by atoms with Crippen molar-refractivity contribution in [3.63, 3.8) is 0 Å². The zero-order valence-electron chi connectivity index (χ0n) is 12.3. The first-order valence-electron chi connectivity index (χ1n) is 7.22. The number of nitrogens with one attached hydrogen (secondary N) is 2. The Labute approximate surface area is 124 Å². The minimum atomic E-state index is -0.124. The molecule has 2 aromatic rings. The Balaban J connectivity index is 1.64. The van der Waals surface area contributed by atoms with Crippen LogP contribution in [0.2, 0.25) is 0 Å². The number of rotatable bonds is 8. The van der Waals surface area contributed by atoms with Gasteiger partial charge in [0.25, 0.3) is 0 Å². The number of amides is 2. The van der Waals surface area contributed by atoms with Gasteiger partial charge in [-0.1, -0.05) is 12.1 Å². The largest absolute Gasteiger partial charge is 0.385 e. The number of nitrogens with zero attached hydrogens (tertiary/aromatic N) is 2. The van der Waals surface area contributed by atoms with Crippen molar-refractivity contribution in [3.05, 3.63) is 30.6 Å². The number of urea groups is 1. The van der Waals surface area contributed by atoms with E-state index in [0.717, 1.165) is 30.4 Å². The molecule has 6 heteroatoms. The molecule has 1 aromatic carbocycles. The third-order valence-electron chi connectivity index (χ3n) is 3.20. The Kier molecular flexibility index (Phi) is 6.02. The van der Waals surface area contributed by atoms with Crippen molar-refractivity contribution in [1.82, 2.24) is 20.2 Å². The zero-order valence-corrected chi connectivity index (χ0v) is 12.3. The van der Waals surface area contributed by atoms with Crippen molar-refractivity contribution in [1.29, 1.82) is 0 Å². The smallest absolute Gasteiger partial charge is 0.314 e. The van der Waals surface area contributed by atoms with Gasteiger partial charge >= 0.3 is 6.03 Å². The molecule has 0 spiro atoms. The minimum Gasteiger partial charge on any atom is -0.385 e. The van der Waals surface area contributed by atoms with Crippen LogP contribution in [0, 0.1) is 0 Å². The first-order valence-corrected chi connectivity index (χ1v) is 7.22. The second-order valence-corrected chi connectivity index (χ2v) is 4.81. The number of para-hydroxylation sites is 2. The molecule has 2 rings (SSSR count). The minimum absolute atomic E-state index is 0.124. The fourth-order valence-electron chi connectivity index (χ4n) is 2.12. The van der Waals surface area contributed by atoms with Gasteiger partial charge in [-0.25, -0.2) is 9.78 Å². The quantitative estimate of drug-likeness (QED) is 0.728. The number of ether oxygens (including phenoxy) is 1. The highest BCUT2D eigenvalue weighted by molar-refractivity contribution is 5.75. The van der Waals surface area contributed by atoms with Crippen LogP contribution in [0.15, 0.2) is 30.6 Å². The predicted molar refractivity (Wildman–Crippen MR) is 82.2 cm³/mol. The molecule has 1 aromatic heterocycles. The van der Waals surface area contributed by atoms with Crippen LogP contribution >= 0.6 is 0 Å². The van der Waals surface area contributed by atoms with Gasteiger partial charge in [-0.05, 0) is 25.0 Å². The standard InChI is InChI=1S/C15H22N4O2/c1-21-11-5-9-17-15(20)16-8-4-10-19-12-18-13-6-2-3-7-14(13)19/h2-3,6-7,12H,4-5,8-11H2,1H3,(H2,16,17,20). The summed E-state index contributed by atoms with van der Waals surface area (Å²) in [5.74, 6) is 0. The summed E-state index contributed by atoms with van der Waals surface area (Å²) in [4.78, 5) is 15.8. The number of carbonyl (C=O) groups is 1. The highest BCUT2D eigenvalue weighted by atomic mass is 16.5. The number of hydrogen-bond donors (Lipinski definition) is 2. The van der Waals surface area contributed by atoms with E-state index in [0.29, 0.717) is 19.7 Å². The van der Waals surface area contributed by atoms with Crippen LogP contribution in [-0.4, -0.2) is 42.4 Å². The molecule has 6 nitrogen and oxygen atoms in total. The first kappa shape index (κ1) is 15.3. The van der Waals surface area contributed by atoms with E-state index < -0.39 is 0 Å². The van der Waals surface area contributed by atoms with Gasteiger partial charge < -0.3 is 19.9 Å². The van der Waals surface area contributed by atoms with E-state index in [2.05, 4.69) is 26.3 Å². The molecule has 0 radical (unpaired) electrons. The van der Waals surface area contributed by atoms with Crippen LogP contribution < -0.4 is 10.6 Å². The van der Waals surface area contributed by atoms with E-state index in [-0.39, 0.29) is 6.03 Å². The van der Waals surface area contributed by atoms with Crippen LogP contribution in [0.3, 0.4) is 0 Å². The zero-order chi connectivity index (χ0) is 14.9. The average molecular weight is 290 g/mol. The molecule has 0 saturated heterocycles. The molecule has 0 aliphatic heterocycles. The molecule has 0 atom stereocenters. The highest BCUT2D eigenvalue weighted by Crippen LogP contribution is 2.11. The summed E-state index contributed by atoms with van der Waals surface area (Å²) in [5.41, 5.74) is 2.13. The van der Waals surface area contributed by atoms with Crippen molar-refractivity contribution in [2.24, 2.45) is 0 Å². The van der Waals surface area contributed by atoms with Crippen molar-refractivity contribution >= 4 is 17.1 Å². The molecule has 0 fully saturated rings. The molecular formula is C15H22N4O2. The lowest BCUT2D eigenvalue weighted by atomic mass is 10.3.